The molecule has 0 aromatic carbocycles. The zero-order chi connectivity index (χ0) is 10.5. The maximum absolute atomic E-state index is 9.19. The maximum Gasteiger partial charge on any atom is 0.0471 e. The van der Waals surface area contributed by atoms with Crippen LogP contribution in [-0.4, -0.2) is 36.2 Å². The Balaban J connectivity index is 1.72. The van der Waals surface area contributed by atoms with E-state index in [0.717, 1.165) is 12.5 Å². The Labute approximate surface area is 93.7 Å². The molecule has 0 aromatic rings. The van der Waals surface area contributed by atoms with Crippen LogP contribution in [0.1, 0.15) is 44.9 Å². The zero-order valence-electron chi connectivity index (χ0n) is 9.83. The van der Waals surface area contributed by atoms with Gasteiger partial charge < -0.3 is 10.0 Å². The standard InChI is InChI=1S/C13H25NO/c15-11-13-7-4-8-14(10-13)9-12-5-2-1-3-6-12/h12-13,15H,1-11H2. The third-order valence-corrected chi connectivity index (χ3v) is 4.10. The summed E-state index contributed by atoms with van der Waals surface area (Å²) in [5.74, 6) is 1.51. The van der Waals surface area contributed by atoms with E-state index in [9.17, 15) is 5.11 Å². The predicted molar refractivity (Wildman–Crippen MR) is 62.8 cm³/mol. The summed E-state index contributed by atoms with van der Waals surface area (Å²) < 4.78 is 0. The minimum Gasteiger partial charge on any atom is -0.396 e. The smallest absolute Gasteiger partial charge is 0.0471 e. The molecular formula is C13H25NO. The van der Waals surface area contributed by atoms with E-state index in [1.807, 2.05) is 0 Å². The van der Waals surface area contributed by atoms with Gasteiger partial charge in [0, 0.05) is 19.7 Å². The normalized spacial score (nSPS) is 30.6. The summed E-state index contributed by atoms with van der Waals surface area (Å²) in [4.78, 5) is 2.60. The van der Waals surface area contributed by atoms with Crippen molar-refractivity contribution >= 4 is 0 Å². The van der Waals surface area contributed by atoms with E-state index in [1.54, 1.807) is 0 Å². The van der Waals surface area contributed by atoms with E-state index in [0.29, 0.717) is 12.5 Å². The number of hydrogen-bond donors (Lipinski definition) is 1. The zero-order valence-corrected chi connectivity index (χ0v) is 9.83. The van der Waals surface area contributed by atoms with E-state index < -0.39 is 0 Å². The topological polar surface area (TPSA) is 23.5 Å². The Kier molecular flexibility index (Phi) is 4.45. The molecule has 2 nitrogen and oxygen atoms in total. The average molecular weight is 211 g/mol. The molecule has 88 valence electrons. The van der Waals surface area contributed by atoms with E-state index in [2.05, 4.69) is 4.90 Å². The third-order valence-electron chi connectivity index (χ3n) is 4.10. The fourth-order valence-electron chi connectivity index (χ4n) is 3.20. The first-order valence-electron chi connectivity index (χ1n) is 6.71. The minimum absolute atomic E-state index is 0.390. The molecule has 2 heteroatoms. The fourth-order valence-corrected chi connectivity index (χ4v) is 3.20. The van der Waals surface area contributed by atoms with Gasteiger partial charge in [-0.2, -0.15) is 0 Å². The summed E-state index contributed by atoms with van der Waals surface area (Å²) in [6.07, 6.45) is 9.76. The molecule has 1 aliphatic carbocycles. The van der Waals surface area contributed by atoms with E-state index in [1.165, 1.54) is 58.0 Å². The molecule has 1 aliphatic heterocycles. The second-order valence-corrected chi connectivity index (χ2v) is 5.45. The van der Waals surface area contributed by atoms with Gasteiger partial charge in [0.05, 0.1) is 0 Å². The van der Waals surface area contributed by atoms with Crippen LogP contribution < -0.4 is 0 Å². The molecule has 0 radical (unpaired) electrons. The number of rotatable bonds is 3. The van der Waals surface area contributed by atoms with Crippen molar-refractivity contribution in [3.05, 3.63) is 0 Å². The van der Waals surface area contributed by atoms with Crippen molar-refractivity contribution in [2.75, 3.05) is 26.2 Å². The molecule has 15 heavy (non-hydrogen) atoms. The van der Waals surface area contributed by atoms with Gasteiger partial charge in [-0.25, -0.2) is 0 Å². The summed E-state index contributed by atoms with van der Waals surface area (Å²) in [7, 11) is 0. The van der Waals surface area contributed by atoms with Crippen molar-refractivity contribution in [1.82, 2.24) is 4.90 Å². The summed E-state index contributed by atoms with van der Waals surface area (Å²) in [5, 5.41) is 9.19. The molecule has 2 rings (SSSR count). The second-order valence-electron chi connectivity index (χ2n) is 5.45. The molecule has 1 unspecified atom stereocenters. The first-order valence-corrected chi connectivity index (χ1v) is 6.71. The Bertz CT molecular complexity index is 177. The van der Waals surface area contributed by atoms with Crippen molar-refractivity contribution < 1.29 is 5.11 Å². The molecule has 2 aliphatic rings. The molecule has 2 fully saturated rings. The van der Waals surface area contributed by atoms with Gasteiger partial charge in [-0.3, -0.25) is 0 Å². The highest BCUT2D eigenvalue weighted by Crippen LogP contribution is 2.26. The summed E-state index contributed by atoms with van der Waals surface area (Å²) in [6.45, 7) is 4.11. The molecule has 0 amide bonds. The van der Waals surface area contributed by atoms with E-state index in [4.69, 9.17) is 0 Å². The van der Waals surface area contributed by atoms with Gasteiger partial charge in [0.1, 0.15) is 0 Å². The van der Waals surface area contributed by atoms with Crippen LogP contribution in [0.25, 0.3) is 0 Å². The number of hydrogen-bond acceptors (Lipinski definition) is 2. The van der Waals surface area contributed by atoms with Crippen LogP contribution in [0.4, 0.5) is 0 Å². The highest BCUT2D eigenvalue weighted by molar-refractivity contribution is 4.76. The molecule has 1 atom stereocenters. The van der Waals surface area contributed by atoms with Crippen molar-refractivity contribution in [3.63, 3.8) is 0 Å². The summed E-state index contributed by atoms with van der Waals surface area (Å²) in [6, 6.07) is 0. The fraction of sp³-hybridized carbons (Fsp3) is 1.00. The molecule has 0 spiro atoms. The summed E-state index contributed by atoms with van der Waals surface area (Å²) >= 11 is 0. The molecule has 1 saturated carbocycles. The first kappa shape index (κ1) is 11.4. The lowest BCUT2D eigenvalue weighted by molar-refractivity contribution is 0.101. The Morgan fingerprint density at radius 3 is 2.40 bits per heavy atom. The number of nitrogens with zero attached hydrogens (tertiary/aromatic N) is 1. The number of aliphatic hydroxyl groups is 1. The van der Waals surface area contributed by atoms with Crippen LogP contribution in [0.3, 0.4) is 0 Å². The largest absolute Gasteiger partial charge is 0.396 e. The molecule has 1 heterocycles. The molecular weight excluding hydrogens is 186 g/mol. The quantitative estimate of drug-likeness (QED) is 0.774. The van der Waals surface area contributed by atoms with Crippen molar-refractivity contribution in [2.24, 2.45) is 11.8 Å². The van der Waals surface area contributed by atoms with Crippen LogP contribution in [-0.2, 0) is 0 Å². The van der Waals surface area contributed by atoms with Crippen molar-refractivity contribution in [2.45, 2.75) is 44.9 Å². The van der Waals surface area contributed by atoms with Crippen molar-refractivity contribution in [3.8, 4) is 0 Å². The molecule has 1 saturated heterocycles. The lowest BCUT2D eigenvalue weighted by Gasteiger charge is -2.35. The minimum atomic E-state index is 0.390. The average Bonchev–Trinajstić information content (AvgIpc) is 2.31. The van der Waals surface area contributed by atoms with Crippen LogP contribution in [0.2, 0.25) is 0 Å². The highest BCUT2D eigenvalue weighted by atomic mass is 16.3. The number of aliphatic hydroxyl groups excluding tert-OH is 1. The Morgan fingerprint density at radius 2 is 1.67 bits per heavy atom. The highest BCUT2D eigenvalue weighted by Gasteiger charge is 2.22. The second kappa shape index (κ2) is 5.86. The van der Waals surface area contributed by atoms with Crippen LogP contribution >= 0.6 is 0 Å². The summed E-state index contributed by atoms with van der Waals surface area (Å²) in [5.41, 5.74) is 0. The molecule has 1 N–H and O–H groups in total. The van der Waals surface area contributed by atoms with Gasteiger partial charge in [0.2, 0.25) is 0 Å². The number of piperidine rings is 1. The van der Waals surface area contributed by atoms with Gasteiger partial charge in [-0.05, 0) is 44.1 Å². The monoisotopic (exact) mass is 211 g/mol. The third kappa shape index (κ3) is 3.46. The number of likely N-dealkylation sites (tertiary alicyclic amines) is 1. The van der Waals surface area contributed by atoms with Gasteiger partial charge in [-0.1, -0.05) is 19.3 Å². The Hall–Kier alpha value is -0.0800. The Morgan fingerprint density at radius 1 is 0.933 bits per heavy atom. The SMILES string of the molecule is OCC1CCCN(CC2CCCCC2)C1. The van der Waals surface area contributed by atoms with Gasteiger partial charge in [0.25, 0.3) is 0 Å². The van der Waals surface area contributed by atoms with E-state index in [-0.39, 0.29) is 0 Å². The van der Waals surface area contributed by atoms with Crippen LogP contribution in [0.15, 0.2) is 0 Å². The molecule has 0 bridgehead atoms. The van der Waals surface area contributed by atoms with Crippen molar-refractivity contribution in [1.29, 1.82) is 0 Å². The van der Waals surface area contributed by atoms with Gasteiger partial charge in [-0.15, -0.1) is 0 Å². The maximum atomic E-state index is 9.19. The predicted octanol–water partition coefficient (Wildman–Crippen LogP) is 2.27. The van der Waals surface area contributed by atoms with Gasteiger partial charge >= 0.3 is 0 Å². The van der Waals surface area contributed by atoms with Crippen LogP contribution in [0.5, 0.6) is 0 Å². The molecule has 0 aromatic heterocycles. The van der Waals surface area contributed by atoms with Gasteiger partial charge in [0.15, 0.2) is 0 Å². The van der Waals surface area contributed by atoms with Crippen LogP contribution in [0, 0.1) is 11.8 Å². The lowest BCUT2D eigenvalue weighted by atomic mass is 9.88. The first-order chi connectivity index (χ1) is 7.38. The lowest BCUT2D eigenvalue weighted by Crippen LogP contribution is -2.40. The van der Waals surface area contributed by atoms with E-state index >= 15 is 0 Å².